The first-order valence-corrected chi connectivity index (χ1v) is 5.80. The van der Waals surface area contributed by atoms with Crippen LogP contribution >= 0.6 is 0 Å². The van der Waals surface area contributed by atoms with Crippen molar-refractivity contribution in [3.63, 3.8) is 0 Å². The summed E-state index contributed by atoms with van der Waals surface area (Å²) >= 11 is 0. The maximum Gasteiger partial charge on any atom is 0.148 e. The minimum atomic E-state index is 0.306. The van der Waals surface area contributed by atoms with Crippen LogP contribution in [0, 0.1) is 0 Å². The van der Waals surface area contributed by atoms with E-state index < -0.39 is 0 Å². The van der Waals surface area contributed by atoms with Crippen molar-refractivity contribution in [3.8, 4) is 5.75 Å². The molecule has 88 valence electrons. The molecule has 0 amide bonds. The number of hydrogen-bond donors (Lipinski definition) is 2. The van der Waals surface area contributed by atoms with E-state index in [9.17, 15) is 5.11 Å². The normalized spacial score (nSPS) is 18.1. The molecule has 0 aliphatic heterocycles. The molecular formula is C13H15N3O. The first kappa shape index (κ1) is 10.2. The highest BCUT2D eigenvalue weighted by atomic mass is 16.3. The molecule has 1 aliphatic rings. The van der Waals surface area contributed by atoms with Gasteiger partial charge in [-0.1, -0.05) is 6.07 Å². The van der Waals surface area contributed by atoms with E-state index in [1.165, 1.54) is 11.1 Å². The lowest BCUT2D eigenvalue weighted by Gasteiger charge is -2.13. The van der Waals surface area contributed by atoms with Crippen LogP contribution in [0.4, 0.5) is 5.82 Å². The standard InChI is InChI=1S/C13H15N3O/c1-16-7-6-13(15-16)14-12-5-2-9-8-10(17)3-4-11(9)12/h3-4,6-8,12,17H,2,5H2,1H3,(H,14,15). The summed E-state index contributed by atoms with van der Waals surface area (Å²) in [6.45, 7) is 0. The molecule has 2 aromatic rings. The predicted octanol–water partition coefficient (Wildman–Crippen LogP) is 2.23. The number of nitrogens with zero attached hydrogens (tertiary/aromatic N) is 2. The van der Waals surface area contributed by atoms with Crippen molar-refractivity contribution in [1.29, 1.82) is 0 Å². The van der Waals surface area contributed by atoms with Gasteiger partial charge in [-0.25, -0.2) is 0 Å². The highest BCUT2D eigenvalue weighted by molar-refractivity contribution is 5.45. The fourth-order valence-electron chi connectivity index (χ4n) is 2.42. The van der Waals surface area contributed by atoms with Gasteiger partial charge in [-0.3, -0.25) is 4.68 Å². The first-order valence-electron chi connectivity index (χ1n) is 5.80. The third-order valence-electron chi connectivity index (χ3n) is 3.24. The van der Waals surface area contributed by atoms with Crippen LogP contribution in [0.1, 0.15) is 23.6 Å². The number of hydrogen-bond acceptors (Lipinski definition) is 3. The Balaban J connectivity index is 1.84. The lowest BCUT2D eigenvalue weighted by Crippen LogP contribution is -2.07. The van der Waals surface area contributed by atoms with Crippen molar-refractivity contribution in [2.75, 3.05) is 5.32 Å². The maximum absolute atomic E-state index is 9.44. The SMILES string of the molecule is Cn1ccc(NC2CCc3cc(O)ccc32)n1. The zero-order valence-corrected chi connectivity index (χ0v) is 9.72. The second-order valence-electron chi connectivity index (χ2n) is 4.49. The van der Waals surface area contributed by atoms with Gasteiger partial charge in [0.05, 0.1) is 6.04 Å². The topological polar surface area (TPSA) is 50.1 Å². The highest BCUT2D eigenvalue weighted by Gasteiger charge is 2.22. The zero-order valence-electron chi connectivity index (χ0n) is 9.72. The van der Waals surface area contributed by atoms with E-state index in [1.807, 2.05) is 31.4 Å². The van der Waals surface area contributed by atoms with Gasteiger partial charge in [-0.05, 0) is 36.1 Å². The van der Waals surface area contributed by atoms with Crippen LogP contribution in [0.2, 0.25) is 0 Å². The summed E-state index contributed by atoms with van der Waals surface area (Å²) in [6.07, 6.45) is 3.98. The molecule has 2 N–H and O–H groups in total. The predicted molar refractivity (Wildman–Crippen MR) is 66.0 cm³/mol. The molecule has 0 bridgehead atoms. The second kappa shape index (κ2) is 3.80. The second-order valence-corrected chi connectivity index (χ2v) is 4.49. The Bertz CT molecular complexity index is 547. The Morgan fingerprint density at radius 3 is 3.06 bits per heavy atom. The van der Waals surface area contributed by atoms with E-state index in [-0.39, 0.29) is 0 Å². The van der Waals surface area contributed by atoms with Crippen LogP contribution < -0.4 is 5.32 Å². The summed E-state index contributed by atoms with van der Waals surface area (Å²) in [4.78, 5) is 0. The van der Waals surface area contributed by atoms with Gasteiger partial charge in [0.2, 0.25) is 0 Å². The largest absolute Gasteiger partial charge is 0.508 e. The Kier molecular flexibility index (Phi) is 2.28. The van der Waals surface area contributed by atoms with Crippen molar-refractivity contribution in [3.05, 3.63) is 41.6 Å². The van der Waals surface area contributed by atoms with Gasteiger partial charge in [-0.2, -0.15) is 5.10 Å². The Morgan fingerprint density at radius 2 is 2.29 bits per heavy atom. The molecule has 3 rings (SSSR count). The molecule has 0 saturated carbocycles. The lowest BCUT2D eigenvalue weighted by atomic mass is 10.1. The van der Waals surface area contributed by atoms with Gasteiger partial charge < -0.3 is 10.4 Å². The molecule has 0 saturated heterocycles. The molecule has 1 heterocycles. The number of benzene rings is 1. The van der Waals surface area contributed by atoms with Crippen LogP contribution in [-0.4, -0.2) is 14.9 Å². The number of phenolic OH excluding ortho intramolecular Hbond substituents is 1. The van der Waals surface area contributed by atoms with Crippen molar-refractivity contribution < 1.29 is 5.11 Å². The molecule has 1 aromatic carbocycles. The lowest BCUT2D eigenvalue weighted by molar-refractivity contribution is 0.474. The van der Waals surface area contributed by atoms with Gasteiger partial charge in [0, 0.05) is 19.3 Å². The third kappa shape index (κ3) is 1.86. The van der Waals surface area contributed by atoms with Gasteiger partial charge in [0.25, 0.3) is 0 Å². The number of phenols is 1. The number of rotatable bonds is 2. The summed E-state index contributed by atoms with van der Waals surface area (Å²) < 4.78 is 1.79. The monoisotopic (exact) mass is 229 g/mol. The van der Waals surface area contributed by atoms with Crippen LogP contribution in [0.5, 0.6) is 5.75 Å². The van der Waals surface area contributed by atoms with Crippen LogP contribution in [-0.2, 0) is 13.5 Å². The number of anilines is 1. The van der Waals surface area contributed by atoms with Crippen molar-refractivity contribution in [1.82, 2.24) is 9.78 Å². The molecule has 1 aliphatic carbocycles. The summed E-state index contributed by atoms with van der Waals surface area (Å²) in [5.41, 5.74) is 2.51. The number of fused-ring (bicyclic) bond motifs is 1. The van der Waals surface area contributed by atoms with Crippen LogP contribution in [0.15, 0.2) is 30.5 Å². The molecule has 0 radical (unpaired) electrons. The van der Waals surface area contributed by atoms with Crippen molar-refractivity contribution in [2.45, 2.75) is 18.9 Å². The maximum atomic E-state index is 9.44. The molecule has 1 aromatic heterocycles. The Morgan fingerprint density at radius 1 is 1.41 bits per heavy atom. The summed E-state index contributed by atoms with van der Waals surface area (Å²) in [5.74, 6) is 1.25. The quantitative estimate of drug-likeness (QED) is 0.830. The van der Waals surface area contributed by atoms with E-state index in [2.05, 4.69) is 10.4 Å². The fraction of sp³-hybridized carbons (Fsp3) is 0.308. The van der Waals surface area contributed by atoms with E-state index in [4.69, 9.17) is 0 Å². The smallest absolute Gasteiger partial charge is 0.148 e. The van der Waals surface area contributed by atoms with Gasteiger partial charge >= 0.3 is 0 Å². The molecular weight excluding hydrogens is 214 g/mol. The summed E-state index contributed by atoms with van der Waals surface area (Å²) in [6, 6.07) is 7.88. The van der Waals surface area contributed by atoms with Crippen molar-refractivity contribution in [2.24, 2.45) is 7.05 Å². The van der Waals surface area contributed by atoms with Crippen LogP contribution in [0.25, 0.3) is 0 Å². The van der Waals surface area contributed by atoms with Gasteiger partial charge in [-0.15, -0.1) is 0 Å². The number of aromatic hydroxyl groups is 1. The van der Waals surface area contributed by atoms with E-state index >= 15 is 0 Å². The molecule has 17 heavy (non-hydrogen) atoms. The van der Waals surface area contributed by atoms with E-state index in [0.717, 1.165) is 18.7 Å². The summed E-state index contributed by atoms with van der Waals surface area (Å²) in [5, 5.41) is 17.2. The average molecular weight is 229 g/mol. The first-order chi connectivity index (χ1) is 8.22. The molecule has 4 nitrogen and oxygen atoms in total. The number of aromatic nitrogens is 2. The molecule has 1 unspecified atom stereocenters. The van der Waals surface area contributed by atoms with Gasteiger partial charge in [0.1, 0.15) is 11.6 Å². The molecule has 1 atom stereocenters. The number of aryl methyl sites for hydroxylation is 2. The zero-order chi connectivity index (χ0) is 11.8. The fourth-order valence-corrected chi connectivity index (χ4v) is 2.42. The van der Waals surface area contributed by atoms with Gasteiger partial charge in [0.15, 0.2) is 0 Å². The minimum absolute atomic E-state index is 0.306. The van der Waals surface area contributed by atoms with Crippen LogP contribution in [0.3, 0.4) is 0 Å². The highest BCUT2D eigenvalue weighted by Crippen LogP contribution is 2.35. The van der Waals surface area contributed by atoms with E-state index in [1.54, 1.807) is 10.7 Å². The average Bonchev–Trinajstić information content (AvgIpc) is 2.86. The Hall–Kier alpha value is -1.97. The third-order valence-corrected chi connectivity index (χ3v) is 3.24. The molecule has 0 spiro atoms. The molecule has 0 fully saturated rings. The van der Waals surface area contributed by atoms with Crippen molar-refractivity contribution >= 4 is 5.82 Å². The Labute approximate surface area is 99.9 Å². The molecule has 4 heteroatoms. The van der Waals surface area contributed by atoms with E-state index in [0.29, 0.717) is 11.8 Å². The summed E-state index contributed by atoms with van der Waals surface area (Å²) in [7, 11) is 1.91. The number of nitrogens with one attached hydrogen (secondary N) is 1. The minimum Gasteiger partial charge on any atom is -0.508 e.